The van der Waals surface area contributed by atoms with E-state index in [9.17, 15) is 4.79 Å². The molecule has 2 heterocycles. The van der Waals surface area contributed by atoms with E-state index >= 15 is 0 Å². The maximum Gasteiger partial charge on any atom is 0.436 e. The van der Waals surface area contributed by atoms with Gasteiger partial charge in [-0.3, -0.25) is 0 Å². The monoisotopic (exact) mass is 362 g/mol. The number of ether oxygens (including phenoxy) is 1. The van der Waals surface area contributed by atoms with Gasteiger partial charge in [0.2, 0.25) is 0 Å². The highest BCUT2D eigenvalue weighted by Gasteiger charge is 2.38. The van der Waals surface area contributed by atoms with Crippen molar-refractivity contribution in [2.75, 3.05) is 20.2 Å². The smallest absolute Gasteiger partial charge is 0.373 e. The lowest BCUT2D eigenvalue weighted by Crippen LogP contribution is -2.51. The number of hydrogen-bond acceptors (Lipinski definition) is 3. The summed E-state index contributed by atoms with van der Waals surface area (Å²) >= 11 is 9.43. The Morgan fingerprint density at radius 2 is 2.30 bits per heavy atom. The number of rotatable bonds is 3. The molecule has 0 bridgehead atoms. The van der Waals surface area contributed by atoms with Crippen molar-refractivity contribution in [1.82, 2.24) is 10.3 Å². The van der Waals surface area contributed by atoms with Crippen molar-refractivity contribution in [3.05, 3.63) is 20.9 Å². The van der Waals surface area contributed by atoms with Gasteiger partial charge >= 0.3 is 5.91 Å². The average Bonchev–Trinajstić information content (AvgIpc) is 2.73. The molecule has 5 nitrogen and oxygen atoms in total. The van der Waals surface area contributed by atoms with E-state index in [1.54, 1.807) is 7.11 Å². The molecule has 1 aromatic heterocycles. The fourth-order valence-corrected chi connectivity index (χ4v) is 3.13. The van der Waals surface area contributed by atoms with Crippen molar-refractivity contribution >= 4 is 40.2 Å². The summed E-state index contributed by atoms with van der Waals surface area (Å²) < 4.78 is 7.49. The van der Waals surface area contributed by atoms with Gasteiger partial charge in [-0.2, -0.15) is 4.58 Å². The number of aromatic amines is 1. The number of nitrogens with zero attached hydrogens (tertiary/aromatic N) is 1. The minimum absolute atomic E-state index is 0.0527. The van der Waals surface area contributed by atoms with Gasteiger partial charge in [0.1, 0.15) is 12.8 Å². The van der Waals surface area contributed by atoms with Crippen LogP contribution in [0, 0.1) is 6.92 Å². The molecule has 1 fully saturated rings. The number of nitrogens with one attached hydrogen (secondary N) is 2. The van der Waals surface area contributed by atoms with E-state index in [1.165, 1.54) is 4.58 Å². The van der Waals surface area contributed by atoms with E-state index in [-0.39, 0.29) is 18.1 Å². The van der Waals surface area contributed by atoms with E-state index in [0.717, 1.165) is 18.7 Å². The van der Waals surface area contributed by atoms with Crippen LogP contribution in [0.2, 0.25) is 5.02 Å². The lowest BCUT2D eigenvalue weighted by molar-refractivity contribution is -0.481. The summed E-state index contributed by atoms with van der Waals surface area (Å²) in [5.41, 5.74) is 1.18. The molecule has 1 aliphatic rings. The van der Waals surface area contributed by atoms with Crippen molar-refractivity contribution in [3.63, 3.8) is 0 Å². The summed E-state index contributed by atoms with van der Waals surface area (Å²) in [7, 11) is 1.65. The molecular formula is C13H18BrClN3O2+. The van der Waals surface area contributed by atoms with Crippen LogP contribution in [-0.2, 0) is 4.74 Å². The van der Waals surface area contributed by atoms with Crippen LogP contribution in [0.3, 0.4) is 0 Å². The van der Waals surface area contributed by atoms with Gasteiger partial charge in [-0.05, 0) is 22.9 Å². The largest absolute Gasteiger partial charge is 0.436 e. The summed E-state index contributed by atoms with van der Waals surface area (Å²) in [5, 5.41) is 3.77. The molecule has 2 unspecified atom stereocenters. The standard InChI is InChI=1S/C13H17BrClN3O2/c1-7-11(15)10(14)12(17-7)13(19)18(2)8-4-5-16-6-9(8)20-3/h8-9,16H,2,4-6H2,1,3H3/p+1. The number of carbonyl (C=O) groups excluding carboxylic acids is 1. The van der Waals surface area contributed by atoms with Crippen LogP contribution >= 0.6 is 27.5 Å². The van der Waals surface area contributed by atoms with Crippen LogP contribution in [0.5, 0.6) is 0 Å². The second-order valence-corrected chi connectivity index (χ2v) is 6.03. The summed E-state index contributed by atoms with van der Waals surface area (Å²) in [6, 6.07) is -0.0527. The molecule has 0 aromatic carbocycles. The molecule has 0 radical (unpaired) electrons. The quantitative estimate of drug-likeness (QED) is 0.638. The molecular weight excluding hydrogens is 346 g/mol. The average molecular weight is 364 g/mol. The molecule has 2 atom stereocenters. The zero-order chi connectivity index (χ0) is 14.9. The third kappa shape index (κ3) is 2.83. The SMILES string of the molecule is C=[N+](C(=O)c1[nH]c(C)c(Cl)c1Br)C1CCNCC1OC. The van der Waals surface area contributed by atoms with Gasteiger partial charge in [-0.1, -0.05) is 11.6 Å². The molecule has 1 saturated heterocycles. The number of halogens is 2. The highest BCUT2D eigenvalue weighted by atomic mass is 79.9. The Morgan fingerprint density at radius 3 is 2.85 bits per heavy atom. The van der Waals surface area contributed by atoms with Crippen molar-refractivity contribution in [2.45, 2.75) is 25.5 Å². The summed E-state index contributed by atoms with van der Waals surface area (Å²) in [4.78, 5) is 15.6. The molecule has 0 spiro atoms. The molecule has 1 aliphatic heterocycles. The maximum atomic E-state index is 12.6. The molecule has 1 amide bonds. The number of amides is 1. The first kappa shape index (κ1) is 15.7. The zero-order valence-electron chi connectivity index (χ0n) is 11.5. The maximum absolute atomic E-state index is 12.6. The van der Waals surface area contributed by atoms with Gasteiger partial charge in [0.25, 0.3) is 0 Å². The molecule has 7 heteroatoms. The summed E-state index contributed by atoms with van der Waals surface area (Å²) in [5.74, 6) is -0.194. The van der Waals surface area contributed by atoms with Crippen LogP contribution in [0.25, 0.3) is 0 Å². The van der Waals surface area contributed by atoms with Crippen LogP contribution in [0.4, 0.5) is 0 Å². The minimum atomic E-state index is -0.194. The Hall–Kier alpha value is -0.690. The first-order valence-corrected chi connectivity index (χ1v) is 7.55. The van der Waals surface area contributed by atoms with Gasteiger partial charge in [0.05, 0.1) is 9.50 Å². The van der Waals surface area contributed by atoms with E-state index in [4.69, 9.17) is 16.3 Å². The Balaban J connectivity index is 2.23. The number of piperidine rings is 1. The van der Waals surface area contributed by atoms with E-state index in [1.807, 2.05) is 6.92 Å². The Morgan fingerprint density at radius 1 is 1.60 bits per heavy atom. The molecule has 110 valence electrons. The first-order chi connectivity index (χ1) is 9.47. The topological polar surface area (TPSA) is 57.1 Å². The Kier molecular flexibility index (Phi) is 5.01. The number of hydrogen-bond donors (Lipinski definition) is 2. The number of H-pyrrole nitrogens is 1. The van der Waals surface area contributed by atoms with E-state index in [0.29, 0.717) is 21.7 Å². The van der Waals surface area contributed by atoms with Crippen LogP contribution in [-0.4, -0.2) is 54.5 Å². The highest BCUT2D eigenvalue weighted by Crippen LogP contribution is 2.30. The normalized spacial score (nSPS) is 22.8. The fourth-order valence-electron chi connectivity index (χ4n) is 2.43. The van der Waals surface area contributed by atoms with Crippen molar-refractivity contribution in [1.29, 1.82) is 0 Å². The Labute approximate surface area is 131 Å². The summed E-state index contributed by atoms with van der Waals surface area (Å²) in [6.45, 7) is 7.28. The fraction of sp³-hybridized carbons (Fsp3) is 0.538. The third-order valence-corrected chi connectivity index (χ3v) is 5.12. The number of aromatic nitrogens is 1. The predicted octanol–water partition coefficient (Wildman–Crippen LogP) is 1.97. The van der Waals surface area contributed by atoms with Crippen molar-refractivity contribution in [2.24, 2.45) is 0 Å². The van der Waals surface area contributed by atoms with Crippen LogP contribution in [0.1, 0.15) is 22.6 Å². The van der Waals surface area contributed by atoms with Crippen LogP contribution in [0.15, 0.2) is 4.47 Å². The van der Waals surface area contributed by atoms with Gasteiger partial charge in [-0.15, -0.1) is 0 Å². The van der Waals surface area contributed by atoms with Crippen molar-refractivity contribution in [3.8, 4) is 0 Å². The molecule has 2 rings (SSSR count). The number of carbonyl (C=O) groups is 1. The summed E-state index contributed by atoms with van der Waals surface area (Å²) in [6.07, 6.45) is 0.745. The first-order valence-electron chi connectivity index (χ1n) is 6.38. The van der Waals surface area contributed by atoms with Gasteiger partial charge in [-0.25, -0.2) is 4.79 Å². The lowest BCUT2D eigenvalue weighted by atomic mass is 10.0. The second kappa shape index (κ2) is 6.39. The van der Waals surface area contributed by atoms with Gasteiger partial charge in [0, 0.05) is 32.3 Å². The Bertz CT molecular complexity index is 544. The third-order valence-electron chi connectivity index (χ3n) is 3.62. The van der Waals surface area contributed by atoms with E-state index < -0.39 is 0 Å². The zero-order valence-corrected chi connectivity index (χ0v) is 13.8. The number of methoxy groups -OCH3 is 1. The molecule has 1 aromatic rings. The van der Waals surface area contributed by atoms with E-state index in [2.05, 4.69) is 32.9 Å². The second-order valence-electron chi connectivity index (χ2n) is 4.86. The lowest BCUT2D eigenvalue weighted by Gasteiger charge is -2.27. The minimum Gasteiger partial charge on any atom is -0.373 e. The predicted molar refractivity (Wildman–Crippen MR) is 82.0 cm³/mol. The molecule has 0 saturated carbocycles. The van der Waals surface area contributed by atoms with Gasteiger partial charge < -0.3 is 15.0 Å². The van der Waals surface area contributed by atoms with Crippen LogP contribution < -0.4 is 5.32 Å². The molecule has 2 N–H and O–H groups in total. The van der Waals surface area contributed by atoms with Crippen molar-refractivity contribution < 1.29 is 14.1 Å². The molecule has 0 aliphatic carbocycles. The van der Waals surface area contributed by atoms with Gasteiger partial charge in [0.15, 0.2) is 11.7 Å². The number of aryl methyl sites for hydroxylation is 1. The highest BCUT2D eigenvalue weighted by molar-refractivity contribution is 9.10. The molecule has 20 heavy (non-hydrogen) atoms.